The van der Waals surface area contributed by atoms with Gasteiger partial charge in [0.25, 0.3) is 0 Å². The molecule has 6 aliphatic heterocycles. The molecule has 1 aromatic heterocycles. The van der Waals surface area contributed by atoms with Crippen LogP contribution in [0.4, 0.5) is 40.7 Å². The van der Waals surface area contributed by atoms with Gasteiger partial charge in [0.2, 0.25) is 0 Å². The molecule has 6 bridgehead atoms. The minimum atomic E-state index is -0.895. The van der Waals surface area contributed by atoms with Crippen LogP contribution in [0.15, 0.2) is 85.2 Å². The van der Waals surface area contributed by atoms with Gasteiger partial charge in [0, 0.05) is 24.5 Å². The number of fused-ring (bicyclic) bond motifs is 15. The van der Waals surface area contributed by atoms with Crippen LogP contribution in [-0.2, 0) is 14.2 Å². The van der Waals surface area contributed by atoms with E-state index in [-0.39, 0.29) is 72.1 Å². The van der Waals surface area contributed by atoms with Gasteiger partial charge in [-0.3, -0.25) is 14.4 Å². The molecule has 0 saturated carbocycles. The van der Waals surface area contributed by atoms with Gasteiger partial charge in [-0.15, -0.1) is 0 Å². The van der Waals surface area contributed by atoms with Crippen LogP contribution in [0.25, 0.3) is 0 Å². The number of halogens is 6. The molecule has 378 valence electrons. The molecule has 0 spiro atoms. The van der Waals surface area contributed by atoms with Gasteiger partial charge >= 0.3 is 18.3 Å². The highest BCUT2D eigenvalue weighted by molar-refractivity contribution is 5.75. The van der Waals surface area contributed by atoms with Gasteiger partial charge in [0.15, 0.2) is 34.9 Å². The third kappa shape index (κ3) is 12.2. The normalized spacial score (nSPS) is 20.9. The molecule has 3 aromatic carbocycles. The van der Waals surface area contributed by atoms with Crippen molar-refractivity contribution in [1.29, 1.82) is 0 Å². The van der Waals surface area contributed by atoms with E-state index in [0.717, 1.165) is 48.2 Å². The Morgan fingerprint density at radius 2 is 0.696 bits per heavy atom. The van der Waals surface area contributed by atoms with Gasteiger partial charge in [0.1, 0.15) is 16.8 Å². The Labute approximate surface area is 403 Å². The number of nitrogens with one attached hydrogen (secondary N) is 1. The summed E-state index contributed by atoms with van der Waals surface area (Å²) < 4.78 is 96.5. The van der Waals surface area contributed by atoms with E-state index in [2.05, 4.69) is 5.32 Å². The lowest BCUT2D eigenvalue weighted by Gasteiger charge is -2.27. The van der Waals surface area contributed by atoms with Crippen LogP contribution in [0.3, 0.4) is 0 Å². The van der Waals surface area contributed by atoms with Crippen LogP contribution in [0.2, 0.25) is 0 Å². The Morgan fingerprint density at radius 1 is 0.449 bits per heavy atom. The number of amides is 2. The lowest BCUT2D eigenvalue weighted by atomic mass is 9.92. The van der Waals surface area contributed by atoms with Crippen molar-refractivity contribution in [2.45, 2.75) is 158 Å². The molecule has 7 heterocycles. The van der Waals surface area contributed by atoms with Crippen LogP contribution >= 0.6 is 0 Å². The van der Waals surface area contributed by atoms with E-state index in [1.807, 2.05) is 45.1 Å². The highest BCUT2D eigenvalue weighted by Crippen LogP contribution is 2.51. The molecule has 1 fully saturated rings. The van der Waals surface area contributed by atoms with Crippen molar-refractivity contribution in [2.75, 3.05) is 0 Å². The molecule has 6 aliphatic rings. The number of ether oxygens (including phenoxy) is 3. The van der Waals surface area contributed by atoms with Crippen molar-refractivity contribution in [2.24, 2.45) is 0 Å². The van der Waals surface area contributed by atoms with Crippen LogP contribution in [-0.4, -0.2) is 49.4 Å². The van der Waals surface area contributed by atoms with Gasteiger partial charge in [-0.2, -0.15) is 0 Å². The summed E-state index contributed by atoms with van der Waals surface area (Å²) in [7, 11) is 0. The van der Waals surface area contributed by atoms with Crippen molar-refractivity contribution in [3.8, 4) is 0 Å². The van der Waals surface area contributed by atoms with Gasteiger partial charge in [0.05, 0.1) is 24.2 Å². The Bertz CT molecular complexity index is 2340. The van der Waals surface area contributed by atoms with Crippen molar-refractivity contribution in [3.05, 3.63) is 154 Å². The molecule has 4 aromatic rings. The Hall–Kier alpha value is -6.03. The first kappa shape index (κ1) is 57.3. The highest BCUT2D eigenvalue weighted by Gasteiger charge is 2.47. The van der Waals surface area contributed by atoms with Crippen molar-refractivity contribution in [3.63, 3.8) is 0 Å². The summed E-state index contributed by atoms with van der Waals surface area (Å²) in [6, 6.07) is 9.90. The first-order chi connectivity index (χ1) is 30.3. The quantitative estimate of drug-likeness (QED) is 0.106. The van der Waals surface area contributed by atoms with Gasteiger partial charge in [-0.1, -0.05) is 54.0 Å². The molecule has 10 rings (SSSR count). The topological polar surface area (TPSA) is 102 Å². The number of aromatic nitrogens is 1. The summed E-state index contributed by atoms with van der Waals surface area (Å²) in [6.07, 6.45) is 11.4. The lowest BCUT2D eigenvalue weighted by molar-refractivity contribution is 0.0185. The first-order valence-corrected chi connectivity index (χ1v) is 21.3. The lowest BCUT2D eigenvalue weighted by Crippen LogP contribution is -2.35. The molecule has 2 amide bonds. The minimum absolute atomic E-state index is 0. The van der Waals surface area contributed by atoms with Crippen LogP contribution in [0.1, 0.15) is 174 Å². The number of nitrogens with zero attached hydrogens (tertiary/aromatic N) is 3. The number of hydrogen-bond donors (Lipinski definition) is 1. The zero-order valence-corrected chi connectivity index (χ0v) is 37.5. The second-order valence-electron chi connectivity index (χ2n) is 19.4. The average molecular weight is 971 g/mol. The maximum Gasteiger partial charge on any atom is 0.418 e. The maximum atomic E-state index is 13.4. The van der Waals surface area contributed by atoms with Crippen LogP contribution < -0.4 is 5.32 Å². The third-order valence-electron chi connectivity index (χ3n) is 11.1. The zero-order chi connectivity index (χ0) is 47.5. The summed E-state index contributed by atoms with van der Waals surface area (Å²) >= 11 is 0. The van der Waals surface area contributed by atoms with Gasteiger partial charge in [-0.05, 0) is 157 Å². The molecule has 0 aliphatic carbocycles. The summed E-state index contributed by atoms with van der Waals surface area (Å²) in [5.41, 5.74) is 2.77. The number of hydrogen-bond acceptors (Lipinski definition) is 7. The van der Waals surface area contributed by atoms with Crippen molar-refractivity contribution >= 4 is 18.3 Å². The molecule has 0 radical (unpaired) electrons. The summed E-state index contributed by atoms with van der Waals surface area (Å²) in [6.45, 7) is 16.2. The number of carbonyl (C=O) groups is 3. The SMILES string of the molecule is C.C.C.C.CC(C)(C)OC(=O)N1C2C=CC1c1cc(F)c(F)cc12.CC(C)(C)OC(=O)N1C2C=CC1c1cc(F)c(F)cc12.CC(C)(C)OC(=O)n1cccc1.Fc1cc2c(cc1F)C1CCC2N1. The van der Waals surface area contributed by atoms with E-state index in [1.165, 1.54) is 26.5 Å². The molecule has 69 heavy (non-hydrogen) atoms. The Balaban J connectivity index is 0.000000244. The van der Waals surface area contributed by atoms with Gasteiger partial charge in [-0.25, -0.2) is 40.7 Å². The third-order valence-corrected chi connectivity index (χ3v) is 11.1. The summed E-state index contributed by atoms with van der Waals surface area (Å²) in [5, 5.41) is 3.31. The predicted octanol–water partition coefficient (Wildman–Crippen LogP) is 15.0. The standard InChI is InChI=1S/2C15H15F2NO2.C10H9F2N.C9H13NO2.4CH4/c2*1-15(2,3)20-14(19)18-12-4-5-13(18)9-7-11(17)10(16)6-8(9)12;11-7-3-5-6(4-8(7)12)10-2-1-9(5)13-10;1-9(2,3)12-8(11)10-6-4-5-7-10;;;;/h2*4-7,12-13H,1-3H3;3-4,9-10,13H,1-2H2;4-7H,1-3H3;4*1H4. The second kappa shape index (κ2) is 21.3. The predicted molar refractivity (Wildman–Crippen MR) is 255 cm³/mol. The molecule has 6 atom stereocenters. The molecule has 1 saturated heterocycles. The first-order valence-electron chi connectivity index (χ1n) is 21.3. The maximum absolute atomic E-state index is 13.4. The average Bonchev–Trinajstić information content (AvgIpc) is 4.06. The van der Waals surface area contributed by atoms with E-state index in [9.17, 15) is 40.7 Å². The van der Waals surface area contributed by atoms with E-state index in [0.29, 0.717) is 22.3 Å². The fraction of sp³-hybridized carbons (Fsp3) is 0.453. The number of benzene rings is 3. The number of carbonyl (C=O) groups excluding carboxylic acids is 3. The monoisotopic (exact) mass is 971 g/mol. The van der Waals surface area contributed by atoms with Crippen molar-refractivity contribution in [1.82, 2.24) is 19.7 Å². The zero-order valence-electron chi connectivity index (χ0n) is 37.5. The molecular formula is C53H68F6N4O6. The van der Waals surface area contributed by atoms with E-state index < -0.39 is 63.9 Å². The molecular weight excluding hydrogens is 903 g/mol. The van der Waals surface area contributed by atoms with E-state index in [1.54, 1.807) is 66.1 Å². The Kier molecular flexibility index (Phi) is 17.7. The summed E-state index contributed by atoms with van der Waals surface area (Å²) in [5.74, 6) is -5.04. The summed E-state index contributed by atoms with van der Waals surface area (Å²) in [4.78, 5) is 38.8. The van der Waals surface area contributed by atoms with Crippen LogP contribution in [0.5, 0.6) is 0 Å². The second-order valence-corrected chi connectivity index (χ2v) is 19.4. The molecule has 16 heteroatoms. The minimum Gasteiger partial charge on any atom is -0.444 e. The molecule has 1 N–H and O–H groups in total. The molecule has 10 nitrogen and oxygen atoms in total. The van der Waals surface area contributed by atoms with Gasteiger partial charge < -0.3 is 19.5 Å². The largest absolute Gasteiger partial charge is 0.444 e. The number of rotatable bonds is 0. The fourth-order valence-corrected chi connectivity index (χ4v) is 8.60. The van der Waals surface area contributed by atoms with Crippen molar-refractivity contribution < 1.29 is 54.9 Å². The smallest absolute Gasteiger partial charge is 0.418 e. The van der Waals surface area contributed by atoms with Crippen LogP contribution in [0, 0.1) is 34.9 Å². The van der Waals surface area contributed by atoms with E-state index >= 15 is 0 Å². The van der Waals surface area contributed by atoms with E-state index in [4.69, 9.17) is 14.2 Å². The Morgan fingerprint density at radius 3 is 0.957 bits per heavy atom. The fourth-order valence-electron chi connectivity index (χ4n) is 8.60. The molecule has 6 unspecified atom stereocenters. The highest BCUT2D eigenvalue weighted by atomic mass is 19.2.